The summed E-state index contributed by atoms with van der Waals surface area (Å²) < 4.78 is 39.1. The van der Waals surface area contributed by atoms with Crippen LogP contribution >= 0.6 is 12.2 Å². The van der Waals surface area contributed by atoms with Gasteiger partial charge in [0.15, 0.2) is 17.1 Å². The standard InChI is InChI=1S/C28H36F2O5S/c1-15-10-18-19-13-21(29)20-12-17(31)8-9-25(20,2)27(19,30)22(32)14-26(18,3)28(15,24(34)36)35-23(33)11-16-6-4-5-7-16/h8-9,12,15-16,18-19,21-22,32H,4-7,10-11,13-14H2,1-3H3,(H,34,36)/t15-,18+,19+,21+,22+,25+,26+,27+,28+/m1/s1. The van der Waals surface area contributed by atoms with E-state index in [4.69, 9.17) is 17.0 Å². The topological polar surface area (TPSA) is 83.8 Å². The summed E-state index contributed by atoms with van der Waals surface area (Å²) in [5, 5.41) is 21.9. The number of allylic oxidation sites excluding steroid dienone is 4. The lowest BCUT2D eigenvalue weighted by molar-refractivity contribution is -0.222. The van der Waals surface area contributed by atoms with Crippen LogP contribution in [0.1, 0.15) is 72.1 Å². The monoisotopic (exact) mass is 522 g/mol. The molecule has 9 atom stereocenters. The molecule has 0 unspecified atom stereocenters. The second-order valence-electron chi connectivity index (χ2n) is 12.4. The number of carbonyl (C=O) groups excluding carboxylic acids is 2. The second-order valence-corrected chi connectivity index (χ2v) is 12.8. The lowest BCUT2D eigenvalue weighted by atomic mass is 9.44. The molecule has 0 spiro atoms. The van der Waals surface area contributed by atoms with Gasteiger partial charge in [-0.1, -0.05) is 32.8 Å². The molecule has 5 aliphatic rings. The van der Waals surface area contributed by atoms with E-state index in [1.807, 2.05) is 6.92 Å². The number of hydrogen-bond donors (Lipinski definition) is 2. The van der Waals surface area contributed by atoms with E-state index in [-0.39, 0.29) is 30.8 Å². The Bertz CT molecular complexity index is 1050. The Kier molecular flexibility index (Phi) is 6.07. The molecule has 0 aromatic carbocycles. The minimum absolute atomic E-state index is 0.0642. The van der Waals surface area contributed by atoms with Crippen LogP contribution in [0.4, 0.5) is 8.78 Å². The van der Waals surface area contributed by atoms with Gasteiger partial charge in [0.2, 0.25) is 5.05 Å². The predicted molar refractivity (Wildman–Crippen MR) is 134 cm³/mol. The number of fused-ring (bicyclic) bond motifs is 5. The summed E-state index contributed by atoms with van der Waals surface area (Å²) in [5.74, 6) is -2.49. The van der Waals surface area contributed by atoms with Gasteiger partial charge >= 0.3 is 5.97 Å². The molecule has 0 aromatic rings. The van der Waals surface area contributed by atoms with Crippen LogP contribution in [0.3, 0.4) is 0 Å². The summed E-state index contributed by atoms with van der Waals surface area (Å²) in [7, 11) is 0. The lowest BCUT2D eigenvalue weighted by Gasteiger charge is -2.63. The van der Waals surface area contributed by atoms with Gasteiger partial charge in [0.05, 0.1) is 6.10 Å². The minimum atomic E-state index is -2.23. The Hall–Kier alpha value is -1.67. The highest BCUT2D eigenvalue weighted by Gasteiger charge is 2.77. The van der Waals surface area contributed by atoms with Crippen molar-refractivity contribution in [2.45, 2.75) is 95.7 Å². The van der Waals surface area contributed by atoms with Crippen molar-refractivity contribution >= 4 is 29.0 Å². The molecule has 8 heteroatoms. The van der Waals surface area contributed by atoms with Crippen LogP contribution in [0.25, 0.3) is 0 Å². The van der Waals surface area contributed by atoms with Crippen molar-refractivity contribution in [2.24, 2.45) is 34.5 Å². The number of aliphatic hydroxyl groups is 2. The highest BCUT2D eigenvalue weighted by Crippen LogP contribution is 2.71. The number of alkyl halides is 2. The largest absolute Gasteiger partial charge is 0.499 e. The first kappa shape index (κ1) is 26.0. The van der Waals surface area contributed by atoms with Gasteiger partial charge < -0.3 is 14.9 Å². The first-order valence-electron chi connectivity index (χ1n) is 13.2. The van der Waals surface area contributed by atoms with E-state index in [1.54, 1.807) is 13.8 Å². The van der Waals surface area contributed by atoms with Crippen molar-refractivity contribution in [3.63, 3.8) is 0 Å². The van der Waals surface area contributed by atoms with Gasteiger partial charge in [-0.25, -0.2) is 8.78 Å². The minimum Gasteiger partial charge on any atom is -0.499 e. The first-order chi connectivity index (χ1) is 16.8. The number of ketones is 1. The Morgan fingerprint density at radius 3 is 2.53 bits per heavy atom. The summed E-state index contributed by atoms with van der Waals surface area (Å²) in [6.45, 7) is 5.16. The molecule has 0 heterocycles. The molecule has 0 radical (unpaired) electrons. The smallest absolute Gasteiger partial charge is 0.307 e. The molecule has 5 rings (SSSR count). The van der Waals surface area contributed by atoms with E-state index in [2.05, 4.69) is 0 Å². The zero-order valence-corrected chi connectivity index (χ0v) is 22.0. The van der Waals surface area contributed by atoms with Gasteiger partial charge in [-0.3, -0.25) is 9.59 Å². The predicted octanol–water partition coefficient (Wildman–Crippen LogP) is 5.30. The number of rotatable bonds is 4. The Labute approximate surface area is 216 Å². The molecule has 4 fully saturated rings. The van der Waals surface area contributed by atoms with Gasteiger partial charge in [-0.05, 0) is 80.8 Å². The maximum Gasteiger partial charge on any atom is 0.307 e. The third-order valence-electron chi connectivity index (χ3n) is 10.7. The number of halogens is 2. The summed E-state index contributed by atoms with van der Waals surface area (Å²) in [6, 6.07) is 0. The molecule has 0 saturated heterocycles. The Morgan fingerprint density at radius 2 is 1.89 bits per heavy atom. The van der Waals surface area contributed by atoms with Crippen molar-refractivity contribution < 1.29 is 33.3 Å². The van der Waals surface area contributed by atoms with Crippen molar-refractivity contribution in [3.8, 4) is 0 Å². The maximum absolute atomic E-state index is 17.3. The van der Waals surface area contributed by atoms with E-state index in [0.29, 0.717) is 6.42 Å². The third-order valence-corrected chi connectivity index (χ3v) is 11.0. The SMILES string of the molecule is C[C@@H]1C[C@H]2[C@@H]3C[C@H](F)C4=CC(=O)C=C[C@]4(C)[C@@]3(F)[C@@H](O)C[C@]2(C)[C@@]1(OC(=O)CC1CCCC1)C(O)=S. The lowest BCUT2D eigenvalue weighted by Crippen LogP contribution is -2.70. The van der Waals surface area contributed by atoms with Gasteiger partial charge in [0.1, 0.15) is 6.17 Å². The highest BCUT2D eigenvalue weighted by atomic mass is 32.1. The zero-order valence-electron chi connectivity index (χ0n) is 21.1. The number of aliphatic hydroxyl groups excluding tert-OH is 2. The Balaban J connectivity index is 1.55. The van der Waals surface area contributed by atoms with Crippen LogP contribution in [-0.4, -0.2) is 50.6 Å². The normalized spacial score (nSPS) is 48.1. The van der Waals surface area contributed by atoms with E-state index in [9.17, 15) is 19.8 Å². The van der Waals surface area contributed by atoms with Crippen molar-refractivity contribution in [1.29, 1.82) is 0 Å². The molecule has 36 heavy (non-hydrogen) atoms. The number of hydrogen-bond acceptors (Lipinski definition) is 5. The fraction of sp³-hybridized carbons (Fsp3) is 0.750. The number of thiocarbonyl (C=S) groups is 1. The average Bonchev–Trinajstić information content (AvgIpc) is 3.38. The van der Waals surface area contributed by atoms with Gasteiger partial charge in [-0.15, -0.1) is 0 Å². The molecule has 5 nitrogen and oxygen atoms in total. The summed E-state index contributed by atoms with van der Waals surface area (Å²) in [6.07, 6.45) is 5.04. The van der Waals surface area contributed by atoms with E-state index in [1.165, 1.54) is 12.2 Å². The van der Waals surface area contributed by atoms with Crippen LogP contribution in [0, 0.1) is 34.5 Å². The van der Waals surface area contributed by atoms with Crippen LogP contribution < -0.4 is 0 Å². The van der Waals surface area contributed by atoms with Gasteiger partial charge in [-0.2, -0.15) is 0 Å². The molecule has 0 aliphatic heterocycles. The molecular formula is C28H36F2O5S. The number of carbonyl (C=O) groups is 2. The number of esters is 1. The Morgan fingerprint density at radius 1 is 1.22 bits per heavy atom. The second kappa shape index (κ2) is 8.42. The summed E-state index contributed by atoms with van der Waals surface area (Å²) >= 11 is 5.32. The van der Waals surface area contributed by atoms with E-state index < -0.39 is 68.9 Å². The van der Waals surface area contributed by atoms with Crippen molar-refractivity contribution in [3.05, 3.63) is 23.8 Å². The fourth-order valence-corrected chi connectivity index (χ4v) is 9.39. The van der Waals surface area contributed by atoms with Crippen LogP contribution in [-0.2, 0) is 14.3 Å². The molecular weight excluding hydrogens is 486 g/mol. The van der Waals surface area contributed by atoms with E-state index >= 15 is 8.78 Å². The highest BCUT2D eigenvalue weighted by molar-refractivity contribution is 7.80. The summed E-state index contributed by atoms with van der Waals surface area (Å²) in [5.41, 5.74) is -6.32. The van der Waals surface area contributed by atoms with Crippen molar-refractivity contribution in [1.82, 2.24) is 0 Å². The molecule has 198 valence electrons. The first-order valence-corrected chi connectivity index (χ1v) is 13.6. The third kappa shape index (κ3) is 3.22. The van der Waals surface area contributed by atoms with Crippen LogP contribution in [0.15, 0.2) is 23.8 Å². The number of ether oxygens (including phenoxy) is 1. The van der Waals surface area contributed by atoms with Gasteiger partial charge in [0, 0.05) is 29.1 Å². The quantitative estimate of drug-likeness (QED) is 0.385. The summed E-state index contributed by atoms with van der Waals surface area (Å²) in [4.78, 5) is 25.1. The maximum atomic E-state index is 17.3. The molecule has 0 aromatic heterocycles. The fourth-order valence-electron chi connectivity index (χ4n) is 8.91. The van der Waals surface area contributed by atoms with Crippen LogP contribution in [0.2, 0.25) is 0 Å². The van der Waals surface area contributed by atoms with E-state index in [0.717, 1.165) is 31.8 Å². The zero-order chi connectivity index (χ0) is 26.3. The molecule has 0 amide bonds. The molecule has 4 saturated carbocycles. The molecule has 2 N–H and O–H groups in total. The average molecular weight is 523 g/mol. The molecule has 5 aliphatic carbocycles. The molecule has 0 bridgehead atoms. The van der Waals surface area contributed by atoms with Crippen LogP contribution in [0.5, 0.6) is 0 Å². The van der Waals surface area contributed by atoms with Crippen molar-refractivity contribution in [2.75, 3.05) is 0 Å². The van der Waals surface area contributed by atoms with Gasteiger partial charge in [0.25, 0.3) is 0 Å².